The first kappa shape index (κ1) is 11.6. The van der Waals surface area contributed by atoms with Crippen LogP contribution in [0.4, 0.5) is 0 Å². The maximum atomic E-state index is 5.84. The highest BCUT2D eigenvalue weighted by Gasteiger charge is 2.57. The van der Waals surface area contributed by atoms with E-state index in [0.717, 1.165) is 17.8 Å². The first-order valence-electron chi connectivity index (χ1n) is 6.44. The van der Waals surface area contributed by atoms with Gasteiger partial charge in [-0.15, -0.1) is 0 Å². The topological polar surface area (TPSA) is 51.0 Å². The van der Waals surface area contributed by atoms with Gasteiger partial charge in [-0.2, -0.15) is 0 Å². The van der Waals surface area contributed by atoms with Crippen LogP contribution >= 0.6 is 0 Å². The minimum atomic E-state index is 0.319. The maximum Gasteiger partial charge on any atom is 0.120 e. The van der Waals surface area contributed by atoms with Crippen LogP contribution in [-0.2, 0) is 0 Å². The van der Waals surface area contributed by atoms with Crippen molar-refractivity contribution in [2.45, 2.75) is 19.8 Å². The van der Waals surface area contributed by atoms with Crippen LogP contribution in [0.3, 0.4) is 0 Å². The molecule has 3 rings (SSSR count). The summed E-state index contributed by atoms with van der Waals surface area (Å²) < 4.78 is 5.25. The van der Waals surface area contributed by atoms with Crippen molar-refractivity contribution in [3.8, 4) is 5.75 Å². The number of aromatic amines is 1. The zero-order valence-corrected chi connectivity index (χ0v) is 11.2. The summed E-state index contributed by atoms with van der Waals surface area (Å²) in [6.07, 6.45) is 0. The second-order valence-electron chi connectivity index (χ2n) is 5.82. The predicted octanol–water partition coefficient (Wildman–Crippen LogP) is 2.87. The molecule has 0 amide bonds. The van der Waals surface area contributed by atoms with Crippen molar-refractivity contribution in [1.29, 1.82) is 0 Å². The van der Waals surface area contributed by atoms with Gasteiger partial charge in [-0.25, -0.2) is 0 Å². The molecule has 3 heteroatoms. The van der Waals surface area contributed by atoms with Gasteiger partial charge in [0, 0.05) is 23.2 Å². The molecule has 0 saturated heterocycles. The number of nitrogens with two attached hydrogens (primary N) is 1. The number of hydrogen-bond acceptors (Lipinski definition) is 2. The summed E-state index contributed by atoms with van der Waals surface area (Å²) in [5.74, 6) is 2.04. The number of H-pyrrole nitrogens is 1. The summed E-state index contributed by atoms with van der Waals surface area (Å²) in [5.41, 5.74) is 8.61. The summed E-state index contributed by atoms with van der Waals surface area (Å²) in [6.45, 7) is 5.35. The van der Waals surface area contributed by atoms with Crippen LogP contribution in [0.1, 0.15) is 25.5 Å². The molecule has 1 aliphatic carbocycles. The van der Waals surface area contributed by atoms with E-state index in [4.69, 9.17) is 10.5 Å². The smallest absolute Gasteiger partial charge is 0.120 e. The quantitative estimate of drug-likeness (QED) is 0.872. The van der Waals surface area contributed by atoms with E-state index in [-0.39, 0.29) is 0 Å². The van der Waals surface area contributed by atoms with Gasteiger partial charge >= 0.3 is 0 Å². The Bertz CT molecular complexity index is 585. The van der Waals surface area contributed by atoms with Crippen molar-refractivity contribution in [3.05, 3.63) is 30.0 Å². The van der Waals surface area contributed by atoms with Gasteiger partial charge in [-0.05, 0) is 41.5 Å². The lowest BCUT2D eigenvalue weighted by molar-refractivity contribution is 0.415. The fourth-order valence-corrected chi connectivity index (χ4v) is 3.22. The van der Waals surface area contributed by atoms with E-state index in [1.165, 1.54) is 11.1 Å². The number of aromatic nitrogens is 1. The van der Waals surface area contributed by atoms with Gasteiger partial charge in [-0.3, -0.25) is 0 Å². The number of benzene rings is 1. The average molecular weight is 244 g/mol. The third-order valence-electron chi connectivity index (χ3n) is 4.49. The zero-order valence-electron chi connectivity index (χ0n) is 11.2. The third-order valence-corrected chi connectivity index (χ3v) is 4.49. The van der Waals surface area contributed by atoms with Gasteiger partial charge in [0.15, 0.2) is 0 Å². The number of hydrogen-bond donors (Lipinski definition) is 2. The lowest BCUT2D eigenvalue weighted by Crippen LogP contribution is -2.05. The van der Waals surface area contributed by atoms with Crippen LogP contribution in [0.2, 0.25) is 0 Å². The molecule has 3 nitrogen and oxygen atoms in total. The van der Waals surface area contributed by atoms with Crippen LogP contribution in [-0.4, -0.2) is 18.6 Å². The van der Waals surface area contributed by atoms with Gasteiger partial charge in [0.1, 0.15) is 5.75 Å². The molecule has 0 radical (unpaired) electrons. The van der Waals surface area contributed by atoms with Gasteiger partial charge in [0.2, 0.25) is 0 Å². The predicted molar refractivity (Wildman–Crippen MR) is 73.9 cm³/mol. The van der Waals surface area contributed by atoms with Gasteiger partial charge in [0.25, 0.3) is 0 Å². The molecule has 1 heterocycles. The molecule has 1 aromatic carbocycles. The summed E-state index contributed by atoms with van der Waals surface area (Å²) in [7, 11) is 1.69. The third kappa shape index (κ3) is 1.54. The highest BCUT2D eigenvalue weighted by atomic mass is 16.5. The number of fused-ring (bicyclic) bond motifs is 1. The molecule has 3 N–H and O–H groups in total. The number of rotatable bonds is 3. The Morgan fingerprint density at radius 3 is 2.72 bits per heavy atom. The van der Waals surface area contributed by atoms with E-state index >= 15 is 0 Å². The van der Waals surface area contributed by atoms with Crippen molar-refractivity contribution < 1.29 is 4.74 Å². The molecule has 2 atom stereocenters. The number of methoxy groups -OCH3 is 1. The molecule has 1 aromatic heterocycles. The molecule has 0 unspecified atom stereocenters. The molecule has 18 heavy (non-hydrogen) atoms. The van der Waals surface area contributed by atoms with Gasteiger partial charge < -0.3 is 15.5 Å². The van der Waals surface area contributed by atoms with E-state index in [0.29, 0.717) is 17.3 Å². The average Bonchev–Trinajstić information content (AvgIpc) is 2.71. The lowest BCUT2D eigenvalue weighted by atomic mass is 10.1. The Labute approximate surface area is 107 Å². The molecule has 1 aliphatic rings. The highest BCUT2D eigenvalue weighted by Crippen LogP contribution is 2.63. The second-order valence-corrected chi connectivity index (χ2v) is 5.82. The summed E-state index contributed by atoms with van der Waals surface area (Å²) >= 11 is 0. The zero-order chi connectivity index (χ0) is 12.9. The molecule has 96 valence electrons. The Morgan fingerprint density at radius 1 is 1.33 bits per heavy atom. The molecule has 1 saturated carbocycles. The summed E-state index contributed by atoms with van der Waals surface area (Å²) in [4.78, 5) is 3.52. The van der Waals surface area contributed by atoms with Crippen molar-refractivity contribution in [3.63, 3.8) is 0 Å². The molecule has 0 aliphatic heterocycles. The van der Waals surface area contributed by atoms with Crippen LogP contribution in [0.15, 0.2) is 24.3 Å². The number of nitrogens with one attached hydrogen (secondary N) is 1. The van der Waals surface area contributed by atoms with Gasteiger partial charge in [-0.1, -0.05) is 13.8 Å². The fraction of sp³-hybridized carbons (Fsp3) is 0.467. The van der Waals surface area contributed by atoms with Crippen molar-refractivity contribution in [2.24, 2.45) is 17.1 Å². The normalized spacial score (nSPS) is 25.3. The molecular formula is C15H20N2O. The number of ether oxygens (including phenoxy) is 1. The molecule has 1 fully saturated rings. The van der Waals surface area contributed by atoms with Crippen molar-refractivity contribution in [2.75, 3.05) is 13.7 Å². The highest BCUT2D eigenvalue weighted by molar-refractivity contribution is 5.82. The fourth-order valence-electron chi connectivity index (χ4n) is 3.22. The van der Waals surface area contributed by atoms with Crippen LogP contribution < -0.4 is 10.5 Å². The molecule has 2 aromatic rings. The molecule has 0 bridgehead atoms. The van der Waals surface area contributed by atoms with Crippen LogP contribution in [0.25, 0.3) is 10.9 Å². The summed E-state index contributed by atoms with van der Waals surface area (Å²) in [5, 5.41) is 1.24. The van der Waals surface area contributed by atoms with Crippen molar-refractivity contribution in [1.82, 2.24) is 4.98 Å². The summed E-state index contributed by atoms with van der Waals surface area (Å²) in [6, 6.07) is 8.39. The first-order chi connectivity index (χ1) is 8.57. The van der Waals surface area contributed by atoms with Crippen LogP contribution in [0.5, 0.6) is 5.75 Å². The maximum absolute atomic E-state index is 5.84. The monoisotopic (exact) mass is 244 g/mol. The lowest BCUT2D eigenvalue weighted by Gasteiger charge is -1.99. The van der Waals surface area contributed by atoms with E-state index in [9.17, 15) is 0 Å². The van der Waals surface area contributed by atoms with E-state index in [1.54, 1.807) is 7.11 Å². The van der Waals surface area contributed by atoms with Gasteiger partial charge in [0.05, 0.1) is 7.11 Å². The Hall–Kier alpha value is -1.48. The Morgan fingerprint density at radius 2 is 2.11 bits per heavy atom. The first-order valence-corrected chi connectivity index (χ1v) is 6.44. The minimum absolute atomic E-state index is 0.319. The Kier molecular flexibility index (Phi) is 2.42. The molecule has 0 spiro atoms. The SMILES string of the molecule is COc1ccc2cc([C@H]3[C@H](CN)C3(C)C)[nH]c2c1. The standard InChI is InChI=1S/C15H20N2O/c1-15(2)11(8-16)14(15)13-6-9-4-5-10(18-3)7-12(9)17-13/h4-7,11,14,17H,8,16H2,1-3H3/t11-,14+/m0/s1. The minimum Gasteiger partial charge on any atom is -0.497 e. The molecular weight excluding hydrogens is 224 g/mol. The van der Waals surface area contributed by atoms with E-state index in [1.807, 2.05) is 12.1 Å². The Balaban J connectivity index is 2.00. The van der Waals surface area contributed by atoms with E-state index in [2.05, 4.69) is 31.0 Å². The van der Waals surface area contributed by atoms with Crippen LogP contribution in [0, 0.1) is 11.3 Å². The van der Waals surface area contributed by atoms with Crippen molar-refractivity contribution >= 4 is 10.9 Å². The largest absolute Gasteiger partial charge is 0.497 e. The van der Waals surface area contributed by atoms with E-state index < -0.39 is 0 Å². The second kappa shape index (κ2) is 3.75.